The molecule has 1 fully saturated rings. The lowest BCUT2D eigenvalue weighted by molar-refractivity contribution is 0.145. The van der Waals surface area contributed by atoms with Crippen LogP contribution in [0.4, 0.5) is 0 Å². The van der Waals surface area contributed by atoms with E-state index in [0.717, 1.165) is 24.5 Å². The first-order valence-corrected chi connectivity index (χ1v) is 7.18. The summed E-state index contributed by atoms with van der Waals surface area (Å²) in [7, 11) is 1.69. The number of hydrogen-bond acceptors (Lipinski definition) is 3. The third-order valence-electron chi connectivity index (χ3n) is 4.03. The zero-order chi connectivity index (χ0) is 13.7. The van der Waals surface area contributed by atoms with Gasteiger partial charge in [0, 0.05) is 19.1 Å². The summed E-state index contributed by atoms with van der Waals surface area (Å²) in [4.78, 5) is 0. The van der Waals surface area contributed by atoms with E-state index in [1.807, 2.05) is 12.1 Å². The summed E-state index contributed by atoms with van der Waals surface area (Å²) in [6.45, 7) is 3.51. The minimum atomic E-state index is 0.253. The maximum atomic E-state index is 6.32. The molecule has 1 saturated carbocycles. The lowest BCUT2D eigenvalue weighted by Crippen LogP contribution is -2.34. The number of hydrogen-bond donors (Lipinski definition) is 1. The van der Waals surface area contributed by atoms with Gasteiger partial charge in [-0.15, -0.1) is 0 Å². The van der Waals surface area contributed by atoms with Crippen molar-refractivity contribution in [2.24, 2.45) is 11.7 Å². The SMILES string of the molecule is COCCOc1ccccc1C1CC(C)CCC1N. The van der Waals surface area contributed by atoms with Gasteiger partial charge in [0.1, 0.15) is 12.4 Å². The molecule has 0 aromatic heterocycles. The molecule has 3 nitrogen and oxygen atoms in total. The van der Waals surface area contributed by atoms with Gasteiger partial charge in [-0.25, -0.2) is 0 Å². The Hall–Kier alpha value is -1.06. The van der Waals surface area contributed by atoms with Crippen LogP contribution < -0.4 is 10.5 Å². The van der Waals surface area contributed by atoms with E-state index >= 15 is 0 Å². The minimum absolute atomic E-state index is 0.253. The van der Waals surface area contributed by atoms with Gasteiger partial charge in [-0.2, -0.15) is 0 Å². The fraction of sp³-hybridized carbons (Fsp3) is 0.625. The quantitative estimate of drug-likeness (QED) is 0.831. The topological polar surface area (TPSA) is 44.5 Å². The van der Waals surface area contributed by atoms with E-state index in [-0.39, 0.29) is 6.04 Å². The number of methoxy groups -OCH3 is 1. The van der Waals surface area contributed by atoms with Crippen LogP contribution in [-0.2, 0) is 4.74 Å². The maximum absolute atomic E-state index is 6.32. The first-order chi connectivity index (χ1) is 9.22. The Balaban J connectivity index is 2.13. The molecular formula is C16H25NO2. The van der Waals surface area contributed by atoms with E-state index in [4.69, 9.17) is 15.2 Å². The lowest BCUT2D eigenvalue weighted by Gasteiger charge is -2.33. The van der Waals surface area contributed by atoms with E-state index in [1.54, 1.807) is 7.11 Å². The molecule has 1 aromatic carbocycles. The van der Waals surface area contributed by atoms with Gasteiger partial charge in [0.25, 0.3) is 0 Å². The molecule has 3 heteroatoms. The van der Waals surface area contributed by atoms with Crippen molar-refractivity contribution in [3.63, 3.8) is 0 Å². The van der Waals surface area contributed by atoms with Crippen molar-refractivity contribution in [2.75, 3.05) is 20.3 Å². The third-order valence-corrected chi connectivity index (χ3v) is 4.03. The average molecular weight is 263 g/mol. The van der Waals surface area contributed by atoms with Crippen LogP contribution in [0.25, 0.3) is 0 Å². The van der Waals surface area contributed by atoms with E-state index in [1.165, 1.54) is 12.0 Å². The molecule has 3 unspecified atom stereocenters. The molecule has 0 heterocycles. The highest BCUT2D eigenvalue weighted by Gasteiger charge is 2.29. The Morgan fingerprint density at radius 2 is 2.00 bits per heavy atom. The van der Waals surface area contributed by atoms with Gasteiger partial charge in [0.2, 0.25) is 0 Å². The van der Waals surface area contributed by atoms with Gasteiger partial charge in [-0.05, 0) is 36.8 Å². The molecule has 0 aliphatic heterocycles. The standard InChI is InChI=1S/C16H25NO2/c1-12-7-8-15(17)14(11-12)13-5-3-4-6-16(13)19-10-9-18-2/h3-6,12,14-15H,7-11,17H2,1-2H3. The van der Waals surface area contributed by atoms with Crippen molar-refractivity contribution in [3.8, 4) is 5.75 Å². The first kappa shape index (κ1) is 14.4. The number of benzene rings is 1. The Kier molecular flexibility index (Phi) is 5.23. The fourth-order valence-electron chi connectivity index (χ4n) is 2.92. The monoisotopic (exact) mass is 263 g/mol. The van der Waals surface area contributed by atoms with Gasteiger partial charge in [-0.1, -0.05) is 25.1 Å². The third kappa shape index (κ3) is 3.71. The second kappa shape index (κ2) is 6.92. The molecular weight excluding hydrogens is 238 g/mol. The van der Waals surface area contributed by atoms with Crippen LogP contribution >= 0.6 is 0 Å². The summed E-state index contributed by atoms with van der Waals surface area (Å²) in [6, 6.07) is 8.54. The summed E-state index contributed by atoms with van der Waals surface area (Å²) in [5.41, 5.74) is 7.58. The summed E-state index contributed by atoms with van der Waals surface area (Å²) in [6.07, 6.45) is 3.51. The van der Waals surface area contributed by atoms with Gasteiger partial charge in [-0.3, -0.25) is 0 Å². The van der Waals surface area contributed by atoms with Crippen molar-refractivity contribution in [3.05, 3.63) is 29.8 Å². The van der Waals surface area contributed by atoms with Crippen molar-refractivity contribution in [1.29, 1.82) is 0 Å². The molecule has 1 aliphatic rings. The minimum Gasteiger partial charge on any atom is -0.491 e. The van der Waals surface area contributed by atoms with Crippen LogP contribution in [0.3, 0.4) is 0 Å². The number of nitrogens with two attached hydrogens (primary N) is 1. The van der Waals surface area contributed by atoms with Crippen LogP contribution in [-0.4, -0.2) is 26.4 Å². The second-order valence-electron chi connectivity index (χ2n) is 5.57. The first-order valence-electron chi connectivity index (χ1n) is 7.18. The predicted molar refractivity (Wildman–Crippen MR) is 77.5 cm³/mol. The normalized spacial score (nSPS) is 27.2. The Morgan fingerprint density at radius 3 is 2.79 bits per heavy atom. The molecule has 0 amide bonds. The highest BCUT2D eigenvalue weighted by molar-refractivity contribution is 5.37. The molecule has 0 spiro atoms. The zero-order valence-electron chi connectivity index (χ0n) is 12.0. The number of para-hydroxylation sites is 1. The van der Waals surface area contributed by atoms with Crippen molar-refractivity contribution in [2.45, 2.75) is 38.1 Å². The van der Waals surface area contributed by atoms with Crippen LogP contribution in [0.2, 0.25) is 0 Å². The van der Waals surface area contributed by atoms with E-state index in [0.29, 0.717) is 19.1 Å². The van der Waals surface area contributed by atoms with E-state index in [2.05, 4.69) is 19.1 Å². The van der Waals surface area contributed by atoms with Gasteiger partial charge >= 0.3 is 0 Å². The molecule has 3 atom stereocenters. The molecule has 0 saturated heterocycles. The summed E-state index contributed by atoms with van der Waals surface area (Å²) < 4.78 is 10.9. The summed E-state index contributed by atoms with van der Waals surface area (Å²) in [5, 5.41) is 0. The molecule has 0 radical (unpaired) electrons. The Labute approximate surface area is 116 Å². The molecule has 106 valence electrons. The van der Waals surface area contributed by atoms with E-state index < -0.39 is 0 Å². The van der Waals surface area contributed by atoms with Gasteiger partial charge < -0.3 is 15.2 Å². The average Bonchev–Trinajstić information content (AvgIpc) is 2.42. The van der Waals surface area contributed by atoms with Crippen LogP contribution in [0.1, 0.15) is 37.7 Å². The fourth-order valence-corrected chi connectivity index (χ4v) is 2.92. The lowest BCUT2D eigenvalue weighted by atomic mass is 9.75. The summed E-state index contributed by atoms with van der Waals surface area (Å²) in [5.74, 6) is 2.13. The molecule has 2 N–H and O–H groups in total. The Morgan fingerprint density at radius 1 is 1.21 bits per heavy atom. The molecule has 0 bridgehead atoms. The number of rotatable bonds is 5. The summed E-state index contributed by atoms with van der Waals surface area (Å²) >= 11 is 0. The highest BCUT2D eigenvalue weighted by atomic mass is 16.5. The molecule has 1 aromatic rings. The van der Waals surface area contributed by atoms with Crippen molar-refractivity contribution >= 4 is 0 Å². The number of ether oxygens (including phenoxy) is 2. The van der Waals surface area contributed by atoms with Crippen LogP contribution in [0.5, 0.6) is 5.75 Å². The second-order valence-corrected chi connectivity index (χ2v) is 5.57. The molecule has 1 aliphatic carbocycles. The van der Waals surface area contributed by atoms with E-state index in [9.17, 15) is 0 Å². The van der Waals surface area contributed by atoms with Gasteiger partial charge in [0.05, 0.1) is 6.61 Å². The molecule has 2 rings (SSSR count). The van der Waals surface area contributed by atoms with Crippen molar-refractivity contribution in [1.82, 2.24) is 0 Å². The predicted octanol–water partition coefficient (Wildman–Crippen LogP) is 2.94. The maximum Gasteiger partial charge on any atom is 0.122 e. The molecule has 19 heavy (non-hydrogen) atoms. The zero-order valence-corrected chi connectivity index (χ0v) is 12.0. The van der Waals surface area contributed by atoms with Gasteiger partial charge in [0.15, 0.2) is 0 Å². The Bertz CT molecular complexity index is 394. The smallest absolute Gasteiger partial charge is 0.122 e. The van der Waals surface area contributed by atoms with Crippen LogP contribution in [0.15, 0.2) is 24.3 Å². The largest absolute Gasteiger partial charge is 0.491 e. The highest BCUT2D eigenvalue weighted by Crippen LogP contribution is 2.39. The van der Waals surface area contributed by atoms with Crippen molar-refractivity contribution < 1.29 is 9.47 Å². The van der Waals surface area contributed by atoms with Crippen LogP contribution in [0, 0.1) is 5.92 Å².